The van der Waals surface area contributed by atoms with E-state index in [1.807, 2.05) is 19.1 Å². The Morgan fingerprint density at radius 3 is 2.47 bits per heavy atom. The molecule has 2 unspecified atom stereocenters. The number of hydrogen-bond acceptors (Lipinski definition) is 2. The number of carbonyl (C=O) groups is 2. The molecule has 0 spiro atoms. The molecule has 0 radical (unpaired) electrons. The Balaban J connectivity index is 2.08. The van der Waals surface area contributed by atoms with Crippen LogP contribution in [0.4, 0.5) is 0 Å². The summed E-state index contributed by atoms with van der Waals surface area (Å²) in [6.07, 6.45) is 1.06. The molecule has 1 N–H and O–H groups in total. The first-order valence-electron chi connectivity index (χ1n) is 6.28. The maximum Gasteiger partial charge on any atom is 0.306 e. The SMILES string of the molecule is CC1CC(C(=O)O)CCN1C(=O)c1ccc(Br)cc1. The number of nitrogens with zero attached hydrogens (tertiary/aromatic N) is 1. The Morgan fingerprint density at radius 1 is 1.32 bits per heavy atom. The molecular formula is C14H16BrNO3. The number of aliphatic carboxylic acids is 1. The predicted molar refractivity (Wildman–Crippen MR) is 75.0 cm³/mol. The molecule has 1 saturated heterocycles. The first kappa shape index (κ1) is 14.1. The maximum absolute atomic E-state index is 12.4. The summed E-state index contributed by atoms with van der Waals surface area (Å²) in [5.41, 5.74) is 0.642. The summed E-state index contributed by atoms with van der Waals surface area (Å²) in [4.78, 5) is 25.1. The molecule has 0 bridgehead atoms. The molecule has 0 aliphatic carbocycles. The van der Waals surface area contributed by atoms with E-state index in [4.69, 9.17) is 5.11 Å². The zero-order valence-corrected chi connectivity index (χ0v) is 12.3. The van der Waals surface area contributed by atoms with E-state index in [1.165, 1.54) is 0 Å². The van der Waals surface area contributed by atoms with Gasteiger partial charge in [-0.25, -0.2) is 0 Å². The Kier molecular flexibility index (Phi) is 4.24. The third-order valence-electron chi connectivity index (χ3n) is 3.58. The highest BCUT2D eigenvalue weighted by Gasteiger charge is 2.32. The lowest BCUT2D eigenvalue weighted by molar-refractivity contribution is -0.143. The van der Waals surface area contributed by atoms with Gasteiger partial charge in [0.05, 0.1) is 5.92 Å². The molecule has 5 heteroatoms. The second-order valence-electron chi connectivity index (χ2n) is 4.91. The average molecular weight is 326 g/mol. The van der Waals surface area contributed by atoms with Gasteiger partial charge in [0.1, 0.15) is 0 Å². The van der Waals surface area contributed by atoms with Crippen molar-refractivity contribution in [2.24, 2.45) is 5.92 Å². The number of hydrogen-bond donors (Lipinski definition) is 1. The summed E-state index contributed by atoms with van der Waals surface area (Å²) in [5.74, 6) is -1.12. The molecule has 0 saturated carbocycles. The standard InChI is InChI=1S/C14H16BrNO3/c1-9-8-11(14(18)19)6-7-16(9)13(17)10-2-4-12(15)5-3-10/h2-5,9,11H,6-8H2,1H3,(H,18,19). The topological polar surface area (TPSA) is 57.6 Å². The van der Waals surface area contributed by atoms with Crippen LogP contribution in [-0.4, -0.2) is 34.5 Å². The summed E-state index contributed by atoms with van der Waals surface area (Å²) >= 11 is 3.34. The second-order valence-corrected chi connectivity index (χ2v) is 5.83. The van der Waals surface area contributed by atoms with Gasteiger partial charge in [-0.1, -0.05) is 15.9 Å². The van der Waals surface area contributed by atoms with E-state index in [1.54, 1.807) is 17.0 Å². The number of likely N-dealkylation sites (tertiary alicyclic amines) is 1. The van der Waals surface area contributed by atoms with Gasteiger partial charge in [0.25, 0.3) is 5.91 Å². The van der Waals surface area contributed by atoms with Gasteiger partial charge < -0.3 is 10.0 Å². The summed E-state index contributed by atoms with van der Waals surface area (Å²) in [6, 6.07) is 7.19. The van der Waals surface area contributed by atoms with Crippen LogP contribution in [0.15, 0.2) is 28.7 Å². The molecule has 0 aromatic heterocycles. The van der Waals surface area contributed by atoms with Gasteiger partial charge in [0, 0.05) is 22.6 Å². The molecule has 2 rings (SSSR count). The normalized spacial score (nSPS) is 23.2. The van der Waals surface area contributed by atoms with Gasteiger partial charge >= 0.3 is 5.97 Å². The van der Waals surface area contributed by atoms with Gasteiger partial charge in [-0.15, -0.1) is 0 Å². The fourth-order valence-electron chi connectivity index (χ4n) is 2.46. The van der Waals surface area contributed by atoms with Crippen molar-refractivity contribution >= 4 is 27.8 Å². The largest absolute Gasteiger partial charge is 0.481 e. The predicted octanol–water partition coefficient (Wildman–Crippen LogP) is 2.77. The summed E-state index contributed by atoms with van der Waals surface area (Å²) < 4.78 is 0.932. The van der Waals surface area contributed by atoms with Crippen LogP contribution >= 0.6 is 15.9 Å². The lowest BCUT2D eigenvalue weighted by atomic mass is 9.91. The Morgan fingerprint density at radius 2 is 1.95 bits per heavy atom. The van der Waals surface area contributed by atoms with Crippen LogP contribution < -0.4 is 0 Å². The summed E-state index contributed by atoms with van der Waals surface area (Å²) in [5, 5.41) is 9.02. The van der Waals surface area contributed by atoms with Crippen molar-refractivity contribution in [3.05, 3.63) is 34.3 Å². The highest BCUT2D eigenvalue weighted by molar-refractivity contribution is 9.10. The lowest BCUT2D eigenvalue weighted by Crippen LogP contribution is -2.46. The van der Waals surface area contributed by atoms with Crippen molar-refractivity contribution in [2.75, 3.05) is 6.54 Å². The van der Waals surface area contributed by atoms with E-state index in [0.717, 1.165) is 4.47 Å². The van der Waals surface area contributed by atoms with E-state index < -0.39 is 5.97 Å². The van der Waals surface area contributed by atoms with Crippen LogP contribution in [0.1, 0.15) is 30.1 Å². The molecule has 1 fully saturated rings. The molecule has 4 nitrogen and oxygen atoms in total. The van der Waals surface area contributed by atoms with E-state index in [0.29, 0.717) is 24.9 Å². The molecule has 1 aliphatic heterocycles. The fourth-order valence-corrected chi connectivity index (χ4v) is 2.72. The van der Waals surface area contributed by atoms with Crippen LogP contribution in [0, 0.1) is 5.92 Å². The molecule has 1 aromatic rings. The maximum atomic E-state index is 12.4. The molecule has 1 aliphatic rings. The van der Waals surface area contributed by atoms with Crippen molar-refractivity contribution < 1.29 is 14.7 Å². The highest BCUT2D eigenvalue weighted by atomic mass is 79.9. The minimum absolute atomic E-state index is 0.0242. The quantitative estimate of drug-likeness (QED) is 0.909. The number of carbonyl (C=O) groups excluding carboxylic acids is 1. The van der Waals surface area contributed by atoms with Crippen molar-refractivity contribution in [2.45, 2.75) is 25.8 Å². The minimum Gasteiger partial charge on any atom is -0.481 e. The van der Waals surface area contributed by atoms with Crippen LogP contribution in [0.25, 0.3) is 0 Å². The van der Waals surface area contributed by atoms with E-state index in [9.17, 15) is 9.59 Å². The number of benzene rings is 1. The van der Waals surface area contributed by atoms with Gasteiger partial charge in [-0.05, 0) is 44.0 Å². The molecule has 2 atom stereocenters. The van der Waals surface area contributed by atoms with Gasteiger partial charge in [-0.2, -0.15) is 0 Å². The number of carboxylic acid groups (broad SMARTS) is 1. The Bertz CT molecular complexity index is 486. The zero-order chi connectivity index (χ0) is 14.0. The number of carboxylic acids is 1. The molecular weight excluding hydrogens is 310 g/mol. The van der Waals surface area contributed by atoms with Crippen LogP contribution in [-0.2, 0) is 4.79 Å². The smallest absolute Gasteiger partial charge is 0.306 e. The Hall–Kier alpha value is -1.36. The molecule has 102 valence electrons. The minimum atomic E-state index is -0.761. The van der Waals surface area contributed by atoms with E-state index in [2.05, 4.69) is 15.9 Å². The fraction of sp³-hybridized carbons (Fsp3) is 0.429. The monoisotopic (exact) mass is 325 g/mol. The number of piperidine rings is 1. The first-order valence-corrected chi connectivity index (χ1v) is 7.07. The molecule has 1 aromatic carbocycles. The van der Waals surface area contributed by atoms with Crippen molar-refractivity contribution in [3.63, 3.8) is 0 Å². The molecule has 1 amide bonds. The zero-order valence-electron chi connectivity index (χ0n) is 10.7. The second kappa shape index (κ2) is 5.74. The van der Waals surface area contributed by atoms with E-state index >= 15 is 0 Å². The Labute approximate surface area is 120 Å². The summed E-state index contributed by atoms with van der Waals surface area (Å²) in [7, 11) is 0. The van der Waals surface area contributed by atoms with Crippen LogP contribution in [0.3, 0.4) is 0 Å². The highest BCUT2D eigenvalue weighted by Crippen LogP contribution is 2.25. The summed E-state index contributed by atoms with van der Waals surface area (Å²) in [6.45, 7) is 2.42. The third kappa shape index (κ3) is 3.15. The van der Waals surface area contributed by atoms with Gasteiger partial charge in [0.2, 0.25) is 0 Å². The van der Waals surface area contributed by atoms with Gasteiger partial charge in [-0.3, -0.25) is 9.59 Å². The average Bonchev–Trinajstić information content (AvgIpc) is 2.38. The van der Waals surface area contributed by atoms with Crippen LogP contribution in [0.5, 0.6) is 0 Å². The number of amides is 1. The van der Waals surface area contributed by atoms with E-state index in [-0.39, 0.29) is 17.9 Å². The first-order chi connectivity index (χ1) is 8.99. The van der Waals surface area contributed by atoms with Gasteiger partial charge in [0.15, 0.2) is 0 Å². The van der Waals surface area contributed by atoms with Crippen molar-refractivity contribution in [1.82, 2.24) is 4.90 Å². The number of rotatable bonds is 2. The third-order valence-corrected chi connectivity index (χ3v) is 4.11. The van der Waals surface area contributed by atoms with Crippen LogP contribution in [0.2, 0.25) is 0 Å². The molecule has 1 heterocycles. The lowest BCUT2D eigenvalue weighted by Gasteiger charge is -2.36. The number of halogens is 1. The molecule has 19 heavy (non-hydrogen) atoms. The van der Waals surface area contributed by atoms with Crippen molar-refractivity contribution in [1.29, 1.82) is 0 Å². The van der Waals surface area contributed by atoms with Crippen molar-refractivity contribution in [3.8, 4) is 0 Å².